The molecule has 2 nitrogen and oxygen atoms in total. The van der Waals surface area contributed by atoms with Gasteiger partial charge in [0, 0.05) is 24.2 Å². The van der Waals surface area contributed by atoms with E-state index in [1.54, 1.807) is 0 Å². The van der Waals surface area contributed by atoms with Crippen molar-refractivity contribution in [3.8, 4) is 0 Å². The fraction of sp³-hybridized carbons (Fsp3) is 0.636. The van der Waals surface area contributed by atoms with Crippen LogP contribution in [-0.4, -0.2) is 16.9 Å². The molecule has 0 aromatic heterocycles. The monoisotopic (exact) mass is 178 g/mol. The maximum atomic E-state index is 4.14. The number of rotatable bonds is 1. The third-order valence-corrected chi connectivity index (χ3v) is 2.06. The molecule has 0 spiro atoms. The van der Waals surface area contributed by atoms with Crippen LogP contribution in [0, 0.1) is 5.41 Å². The summed E-state index contributed by atoms with van der Waals surface area (Å²) in [6.45, 7) is 10.8. The SMILES string of the molecule is CC(C)N1C=C(C(C)(C)C)C=C=N1. The van der Waals surface area contributed by atoms with Crippen LogP contribution < -0.4 is 0 Å². The summed E-state index contributed by atoms with van der Waals surface area (Å²) in [6, 6.07) is 0.401. The van der Waals surface area contributed by atoms with Crippen molar-refractivity contribution in [2.75, 3.05) is 0 Å². The number of hydrogen-bond acceptors (Lipinski definition) is 2. The molecule has 1 aliphatic rings. The van der Waals surface area contributed by atoms with Crippen molar-refractivity contribution in [3.05, 3.63) is 17.8 Å². The molecule has 0 amide bonds. The highest BCUT2D eigenvalue weighted by atomic mass is 15.4. The van der Waals surface area contributed by atoms with Gasteiger partial charge in [0.25, 0.3) is 0 Å². The summed E-state index contributed by atoms with van der Waals surface area (Å²) >= 11 is 0. The van der Waals surface area contributed by atoms with Gasteiger partial charge < -0.3 is 0 Å². The first kappa shape index (κ1) is 10.1. The van der Waals surface area contributed by atoms with Crippen molar-refractivity contribution in [1.82, 2.24) is 5.01 Å². The normalized spacial score (nSPS) is 16.8. The quantitative estimate of drug-likeness (QED) is 0.603. The molecule has 0 aromatic carbocycles. The highest BCUT2D eigenvalue weighted by molar-refractivity contribution is 5.59. The molecule has 0 saturated heterocycles. The van der Waals surface area contributed by atoms with Gasteiger partial charge in [-0.25, -0.2) is 0 Å². The van der Waals surface area contributed by atoms with E-state index in [-0.39, 0.29) is 5.41 Å². The van der Waals surface area contributed by atoms with Crippen LogP contribution in [0.1, 0.15) is 34.6 Å². The second-order valence-electron chi connectivity index (χ2n) is 4.68. The molecule has 0 aromatic rings. The first-order valence-corrected chi connectivity index (χ1v) is 4.71. The predicted molar refractivity (Wildman–Crippen MR) is 56.5 cm³/mol. The molecule has 0 aliphatic carbocycles. The van der Waals surface area contributed by atoms with Crippen LogP contribution in [0.15, 0.2) is 23.0 Å². The average Bonchev–Trinajstić information content (AvgIpc) is 2.03. The Morgan fingerprint density at radius 3 is 2.46 bits per heavy atom. The van der Waals surface area contributed by atoms with Gasteiger partial charge in [0.2, 0.25) is 0 Å². The van der Waals surface area contributed by atoms with Crippen molar-refractivity contribution in [2.24, 2.45) is 10.5 Å². The Morgan fingerprint density at radius 1 is 1.38 bits per heavy atom. The minimum Gasteiger partial charge on any atom is -0.262 e. The van der Waals surface area contributed by atoms with E-state index in [2.05, 4.69) is 51.8 Å². The predicted octanol–water partition coefficient (Wildman–Crippen LogP) is 2.78. The molecule has 0 saturated carbocycles. The largest absolute Gasteiger partial charge is 0.262 e. The lowest BCUT2D eigenvalue weighted by atomic mass is 9.87. The van der Waals surface area contributed by atoms with Gasteiger partial charge in [-0.15, -0.1) is 5.10 Å². The maximum Gasteiger partial charge on any atom is 0.0470 e. The van der Waals surface area contributed by atoms with E-state index in [0.29, 0.717) is 6.04 Å². The summed E-state index contributed by atoms with van der Waals surface area (Å²) in [5.41, 5.74) is 1.45. The Balaban J connectivity index is 2.92. The highest BCUT2D eigenvalue weighted by Gasteiger charge is 2.18. The smallest absolute Gasteiger partial charge is 0.0470 e. The van der Waals surface area contributed by atoms with Crippen molar-refractivity contribution in [3.63, 3.8) is 0 Å². The minimum absolute atomic E-state index is 0.177. The lowest BCUT2D eigenvalue weighted by molar-refractivity contribution is 0.318. The van der Waals surface area contributed by atoms with Crippen LogP contribution in [0.25, 0.3) is 0 Å². The summed E-state index contributed by atoms with van der Waals surface area (Å²) in [6.07, 6.45) is 4.06. The average molecular weight is 178 g/mol. The molecule has 0 atom stereocenters. The lowest BCUT2D eigenvalue weighted by Gasteiger charge is -2.26. The zero-order chi connectivity index (χ0) is 10.1. The van der Waals surface area contributed by atoms with Crippen LogP contribution in [0.4, 0.5) is 0 Å². The van der Waals surface area contributed by atoms with Crippen molar-refractivity contribution < 1.29 is 0 Å². The molecule has 2 heteroatoms. The van der Waals surface area contributed by atoms with E-state index in [9.17, 15) is 0 Å². The third kappa shape index (κ3) is 2.46. The van der Waals surface area contributed by atoms with E-state index >= 15 is 0 Å². The topological polar surface area (TPSA) is 15.6 Å². The number of hydrogen-bond donors (Lipinski definition) is 0. The summed E-state index contributed by atoms with van der Waals surface area (Å²) in [5.74, 6) is 2.93. The molecule has 1 aliphatic heterocycles. The van der Waals surface area contributed by atoms with Gasteiger partial charge in [-0.2, -0.15) is 0 Å². The van der Waals surface area contributed by atoms with Gasteiger partial charge in [-0.1, -0.05) is 20.8 Å². The zero-order valence-corrected chi connectivity index (χ0v) is 9.13. The van der Waals surface area contributed by atoms with E-state index in [0.717, 1.165) is 0 Å². The van der Waals surface area contributed by atoms with Gasteiger partial charge in [-0.05, 0) is 24.8 Å². The lowest BCUT2D eigenvalue weighted by Crippen LogP contribution is -2.23. The molecule has 0 bridgehead atoms. The molecular formula is C11H18N2. The van der Waals surface area contributed by atoms with Crippen LogP contribution in [0.3, 0.4) is 0 Å². The summed E-state index contributed by atoms with van der Waals surface area (Å²) in [4.78, 5) is 0. The van der Waals surface area contributed by atoms with Gasteiger partial charge in [0.15, 0.2) is 0 Å². The molecule has 0 N–H and O–H groups in total. The fourth-order valence-corrected chi connectivity index (χ4v) is 1.05. The molecule has 72 valence electrons. The second-order valence-corrected chi connectivity index (χ2v) is 4.68. The van der Waals surface area contributed by atoms with Gasteiger partial charge in [-0.3, -0.25) is 5.01 Å². The fourth-order valence-electron chi connectivity index (χ4n) is 1.05. The Morgan fingerprint density at radius 2 is 2.00 bits per heavy atom. The van der Waals surface area contributed by atoms with E-state index in [4.69, 9.17) is 0 Å². The van der Waals surface area contributed by atoms with E-state index in [1.807, 2.05) is 11.1 Å². The van der Waals surface area contributed by atoms with E-state index in [1.165, 1.54) is 5.57 Å². The summed E-state index contributed by atoms with van der Waals surface area (Å²) in [5, 5.41) is 6.09. The maximum absolute atomic E-state index is 4.14. The van der Waals surface area contributed by atoms with Crippen LogP contribution in [-0.2, 0) is 0 Å². The Labute approximate surface area is 80.6 Å². The zero-order valence-electron chi connectivity index (χ0n) is 9.13. The number of nitrogens with zero attached hydrogens (tertiary/aromatic N) is 2. The van der Waals surface area contributed by atoms with Crippen LogP contribution in [0.2, 0.25) is 0 Å². The molecule has 1 rings (SSSR count). The van der Waals surface area contributed by atoms with Crippen molar-refractivity contribution >= 4 is 5.87 Å². The molecule has 0 radical (unpaired) electrons. The molecule has 13 heavy (non-hydrogen) atoms. The first-order valence-electron chi connectivity index (χ1n) is 4.71. The van der Waals surface area contributed by atoms with Gasteiger partial charge in [0.1, 0.15) is 0 Å². The highest BCUT2D eigenvalue weighted by Crippen LogP contribution is 2.27. The van der Waals surface area contributed by atoms with Crippen LogP contribution >= 0.6 is 0 Å². The van der Waals surface area contributed by atoms with E-state index < -0.39 is 0 Å². The van der Waals surface area contributed by atoms with Crippen LogP contribution in [0.5, 0.6) is 0 Å². The Kier molecular flexibility index (Phi) is 2.63. The van der Waals surface area contributed by atoms with Crippen molar-refractivity contribution in [1.29, 1.82) is 0 Å². The Hall–Kier alpha value is -1.01. The number of hydrazone groups is 1. The summed E-state index contributed by atoms with van der Waals surface area (Å²) < 4.78 is 0. The van der Waals surface area contributed by atoms with Gasteiger partial charge in [0.05, 0.1) is 0 Å². The second kappa shape index (κ2) is 3.39. The molecular weight excluding hydrogens is 160 g/mol. The molecule has 1 heterocycles. The standard InChI is InChI=1S/C11H18N2/c1-9(2)13-8-10(6-7-12-13)11(3,4)5/h6,8-9H,1-5H3. The Bertz CT molecular complexity index is 273. The van der Waals surface area contributed by atoms with Crippen molar-refractivity contribution in [2.45, 2.75) is 40.7 Å². The van der Waals surface area contributed by atoms with Gasteiger partial charge >= 0.3 is 0 Å². The summed E-state index contributed by atoms with van der Waals surface area (Å²) in [7, 11) is 0. The first-order chi connectivity index (χ1) is 5.91. The molecule has 0 fully saturated rings. The molecule has 0 unspecified atom stereocenters. The number of allylic oxidation sites excluding steroid dienone is 2. The minimum atomic E-state index is 0.177. The third-order valence-electron chi connectivity index (χ3n) is 2.06.